The number of rotatable bonds is 7. The quantitative estimate of drug-likeness (QED) is 0.724. The van der Waals surface area contributed by atoms with Crippen LogP contribution in [-0.2, 0) is 11.2 Å². The molecule has 0 aliphatic carbocycles. The Labute approximate surface area is 95.1 Å². The van der Waals surface area contributed by atoms with Gasteiger partial charge in [-0.05, 0) is 19.9 Å². The van der Waals surface area contributed by atoms with Gasteiger partial charge in [-0.1, -0.05) is 18.3 Å². The molecule has 0 bridgehead atoms. The second kappa shape index (κ2) is 6.87. The number of methoxy groups -OCH3 is 1. The molecule has 4 nitrogen and oxygen atoms in total. The van der Waals surface area contributed by atoms with Gasteiger partial charge in [0.15, 0.2) is 0 Å². The van der Waals surface area contributed by atoms with E-state index in [4.69, 9.17) is 4.74 Å². The van der Waals surface area contributed by atoms with Crippen LogP contribution in [0.5, 0.6) is 0 Å². The van der Waals surface area contributed by atoms with E-state index in [1.807, 2.05) is 0 Å². The van der Waals surface area contributed by atoms with Gasteiger partial charge in [-0.15, -0.1) is 10.2 Å². The maximum atomic E-state index is 5.00. The van der Waals surface area contributed by atoms with E-state index in [0.29, 0.717) is 6.04 Å². The minimum Gasteiger partial charge on any atom is -0.385 e. The van der Waals surface area contributed by atoms with Crippen LogP contribution < -0.4 is 5.32 Å². The van der Waals surface area contributed by atoms with Crippen LogP contribution in [0.1, 0.15) is 36.3 Å². The van der Waals surface area contributed by atoms with E-state index in [-0.39, 0.29) is 0 Å². The van der Waals surface area contributed by atoms with Crippen molar-refractivity contribution in [3.8, 4) is 0 Å². The van der Waals surface area contributed by atoms with Crippen LogP contribution in [0.25, 0.3) is 0 Å². The van der Waals surface area contributed by atoms with Crippen LogP contribution >= 0.6 is 11.3 Å². The third-order valence-electron chi connectivity index (χ3n) is 2.10. The van der Waals surface area contributed by atoms with Gasteiger partial charge in [-0.3, -0.25) is 0 Å². The number of hydrogen-bond acceptors (Lipinski definition) is 5. The van der Waals surface area contributed by atoms with Gasteiger partial charge in [0.25, 0.3) is 0 Å². The first kappa shape index (κ1) is 12.5. The summed E-state index contributed by atoms with van der Waals surface area (Å²) in [4.78, 5) is 0. The van der Waals surface area contributed by atoms with Gasteiger partial charge in [0.05, 0.1) is 6.04 Å². The van der Waals surface area contributed by atoms with Crippen molar-refractivity contribution in [2.45, 2.75) is 32.7 Å². The van der Waals surface area contributed by atoms with Crippen LogP contribution in [0.2, 0.25) is 0 Å². The average molecular weight is 229 g/mol. The Hall–Kier alpha value is -0.520. The van der Waals surface area contributed by atoms with E-state index in [9.17, 15) is 0 Å². The molecule has 1 rings (SSSR count). The van der Waals surface area contributed by atoms with Crippen molar-refractivity contribution in [1.29, 1.82) is 0 Å². The Kier molecular flexibility index (Phi) is 5.75. The molecular weight excluding hydrogens is 210 g/mol. The summed E-state index contributed by atoms with van der Waals surface area (Å²) >= 11 is 1.69. The van der Waals surface area contributed by atoms with Gasteiger partial charge in [0.2, 0.25) is 0 Å². The van der Waals surface area contributed by atoms with Crippen LogP contribution in [-0.4, -0.2) is 30.5 Å². The number of aromatic nitrogens is 2. The van der Waals surface area contributed by atoms with E-state index in [1.54, 1.807) is 18.4 Å². The summed E-state index contributed by atoms with van der Waals surface area (Å²) < 4.78 is 5.00. The predicted octanol–water partition coefficient (Wildman–Crippen LogP) is 1.79. The summed E-state index contributed by atoms with van der Waals surface area (Å²) in [5, 5.41) is 13.8. The molecule has 15 heavy (non-hydrogen) atoms. The number of ether oxygens (including phenoxy) is 1. The molecule has 0 fully saturated rings. The first-order valence-corrected chi connectivity index (χ1v) is 6.14. The standard InChI is InChI=1S/C10H19N3OS/c1-4-11-8(2)10-13-12-9(15-10)6-5-7-14-3/h8,11H,4-7H2,1-3H3. The highest BCUT2D eigenvalue weighted by Gasteiger charge is 2.10. The summed E-state index contributed by atoms with van der Waals surface area (Å²) in [6.45, 7) is 5.96. The fourth-order valence-corrected chi connectivity index (χ4v) is 2.22. The minimum absolute atomic E-state index is 0.309. The molecule has 1 unspecified atom stereocenters. The highest BCUT2D eigenvalue weighted by molar-refractivity contribution is 7.11. The highest BCUT2D eigenvalue weighted by Crippen LogP contribution is 2.18. The zero-order valence-electron chi connectivity index (χ0n) is 9.62. The molecule has 1 aromatic heterocycles. The van der Waals surface area contributed by atoms with Crippen molar-refractivity contribution in [3.63, 3.8) is 0 Å². The molecule has 0 saturated carbocycles. The zero-order valence-corrected chi connectivity index (χ0v) is 10.4. The molecule has 1 heterocycles. The van der Waals surface area contributed by atoms with E-state index < -0.39 is 0 Å². The summed E-state index contributed by atoms with van der Waals surface area (Å²) in [6.07, 6.45) is 1.98. The lowest BCUT2D eigenvalue weighted by Gasteiger charge is -2.06. The summed E-state index contributed by atoms with van der Waals surface area (Å²) in [6, 6.07) is 0.309. The normalized spacial score (nSPS) is 13.0. The van der Waals surface area contributed by atoms with E-state index in [1.165, 1.54) is 0 Å². The Morgan fingerprint density at radius 1 is 1.47 bits per heavy atom. The van der Waals surface area contributed by atoms with Crippen molar-refractivity contribution in [1.82, 2.24) is 15.5 Å². The number of nitrogens with one attached hydrogen (secondary N) is 1. The van der Waals surface area contributed by atoms with Gasteiger partial charge >= 0.3 is 0 Å². The number of hydrogen-bond donors (Lipinski definition) is 1. The van der Waals surface area contributed by atoms with E-state index >= 15 is 0 Å². The topological polar surface area (TPSA) is 47.0 Å². The molecule has 1 aromatic rings. The lowest BCUT2D eigenvalue weighted by molar-refractivity contribution is 0.195. The van der Waals surface area contributed by atoms with Crippen LogP contribution in [0.4, 0.5) is 0 Å². The summed E-state index contributed by atoms with van der Waals surface area (Å²) in [7, 11) is 1.72. The first-order chi connectivity index (χ1) is 7.27. The Balaban J connectivity index is 2.41. The second-order valence-corrected chi connectivity index (χ2v) is 4.50. The van der Waals surface area contributed by atoms with Crippen LogP contribution in [0, 0.1) is 0 Å². The maximum absolute atomic E-state index is 5.00. The van der Waals surface area contributed by atoms with Gasteiger partial charge in [-0.2, -0.15) is 0 Å². The van der Waals surface area contributed by atoms with Gasteiger partial charge < -0.3 is 10.1 Å². The second-order valence-electron chi connectivity index (χ2n) is 3.41. The minimum atomic E-state index is 0.309. The Morgan fingerprint density at radius 3 is 2.93 bits per heavy atom. The molecule has 0 aromatic carbocycles. The third kappa shape index (κ3) is 4.24. The molecule has 0 aliphatic rings. The lowest BCUT2D eigenvalue weighted by Crippen LogP contribution is -2.17. The fourth-order valence-electron chi connectivity index (χ4n) is 1.30. The summed E-state index contributed by atoms with van der Waals surface area (Å²) in [5.74, 6) is 0. The molecule has 0 spiro atoms. The molecule has 86 valence electrons. The highest BCUT2D eigenvalue weighted by atomic mass is 32.1. The first-order valence-electron chi connectivity index (χ1n) is 5.32. The summed E-state index contributed by atoms with van der Waals surface area (Å²) in [5.41, 5.74) is 0. The molecule has 1 atom stereocenters. The zero-order chi connectivity index (χ0) is 11.1. The Morgan fingerprint density at radius 2 is 2.27 bits per heavy atom. The van der Waals surface area contributed by atoms with Crippen LogP contribution in [0.3, 0.4) is 0 Å². The molecule has 0 amide bonds. The van der Waals surface area contributed by atoms with Gasteiger partial charge in [-0.25, -0.2) is 0 Å². The number of nitrogens with zero attached hydrogens (tertiary/aromatic N) is 2. The van der Waals surface area contributed by atoms with Crippen molar-refractivity contribution in [2.75, 3.05) is 20.3 Å². The van der Waals surface area contributed by atoms with Gasteiger partial charge in [0.1, 0.15) is 10.0 Å². The van der Waals surface area contributed by atoms with Crippen LogP contribution in [0.15, 0.2) is 0 Å². The molecule has 0 saturated heterocycles. The van der Waals surface area contributed by atoms with Crippen molar-refractivity contribution in [3.05, 3.63) is 10.0 Å². The number of aryl methyl sites for hydroxylation is 1. The average Bonchev–Trinajstić information content (AvgIpc) is 2.67. The molecule has 0 aliphatic heterocycles. The fraction of sp³-hybridized carbons (Fsp3) is 0.800. The molecule has 5 heteroatoms. The van der Waals surface area contributed by atoms with Gasteiger partial charge in [0, 0.05) is 20.1 Å². The van der Waals surface area contributed by atoms with E-state index in [0.717, 1.165) is 36.0 Å². The molecule has 1 N–H and O–H groups in total. The molecular formula is C10H19N3OS. The van der Waals surface area contributed by atoms with Crippen molar-refractivity contribution in [2.24, 2.45) is 0 Å². The lowest BCUT2D eigenvalue weighted by atomic mass is 10.3. The molecule has 0 radical (unpaired) electrons. The third-order valence-corrected chi connectivity index (χ3v) is 3.27. The monoisotopic (exact) mass is 229 g/mol. The van der Waals surface area contributed by atoms with E-state index in [2.05, 4.69) is 29.4 Å². The maximum Gasteiger partial charge on any atom is 0.134 e. The smallest absolute Gasteiger partial charge is 0.134 e. The SMILES string of the molecule is CCNC(C)c1nnc(CCCOC)s1. The van der Waals surface area contributed by atoms with Crippen molar-refractivity contribution >= 4 is 11.3 Å². The predicted molar refractivity (Wildman–Crippen MR) is 62.2 cm³/mol. The Bertz CT molecular complexity index is 277. The largest absolute Gasteiger partial charge is 0.385 e. The van der Waals surface area contributed by atoms with Crippen molar-refractivity contribution < 1.29 is 4.74 Å².